The molecule has 4 heteroatoms. The van der Waals surface area contributed by atoms with E-state index in [-0.39, 0.29) is 0 Å². The maximum Gasteiger partial charge on any atom is 0.328 e. The lowest BCUT2D eigenvalue weighted by Crippen LogP contribution is -2.37. The highest BCUT2D eigenvalue weighted by Gasteiger charge is 2.42. The molecule has 1 aliphatic carbocycles. The molecule has 1 aliphatic rings. The van der Waals surface area contributed by atoms with Gasteiger partial charge in [0.25, 0.3) is 0 Å². The van der Waals surface area contributed by atoms with Crippen molar-refractivity contribution in [1.29, 1.82) is 0 Å². The molecule has 0 saturated heterocycles. The molecule has 0 amide bonds. The van der Waals surface area contributed by atoms with Crippen LogP contribution >= 0.6 is 0 Å². The maximum absolute atomic E-state index is 11.2. The van der Waals surface area contributed by atoms with Gasteiger partial charge in [0.15, 0.2) is 0 Å². The summed E-state index contributed by atoms with van der Waals surface area (Å²) in [5.74, 6) is -2.79. The monoisotopic (exact) mass is 284 g/mol. The zero-order valence-corrected chi connectivity index (χ0v) is 11.6. The van der Waals surface area contributed by atoms with Crippen molar-refractivity contribution >= 4 is 23.6 Å². The number of carboxylic acid groups (broad SMARTS) is 2. The Morgan fingerprint density at radius 3 is 2.19 bits per heavy atom. The molecule has 21 heavy (non-hydrogen) atoms. The first-order chi connectivity index (χ1) is 10.0. The highest BCUT2D eigenvalue weighted by molar-refractivity contribution is 6.04. The highest BCUT2D eigenvalue weighted by atomic mass is 16.4. The first kappa shape index (κ1) is 14.8. The molecule has 4 nitrogen and oxygen atoms in total. The van der Waals surface area contributed by atoms with E-state index < -0.39 is 17.4 Å². The third-order valence-corrected chi connectivity index (χ3v) is 3.46. The lowest BCUT2D eigenvalue weighted by Gasteiger charge is -2.19. The molecular formula is C17H16O4. The van der Waals surface area contributed by atoms with Crippen molar-refractivity contribution in [3.05, 3.63) is 59.0 Å². The second-order valence-electron chi connectivity index (χ2n) is 4.80. The Balaban J connectivity index is 2.62. The van der Waals surface area contributed by atoms with Crippen LogP contribution in [0, 0.1) is 5.41 Å². The van der Waals surface area contributed by atoms with E-state index >= 15 is 0 Å². The zero-order chi connectivity index (χ0) is 15.5. The minimum atomic E-state index is -1.98. The van der Waals surface area contributed by atoms with Crippen LogP contribution in [0.15, 0.2) is 48.6 Å². The summed E-state index contributed by atoms with van der Waals surface area (Å²) >= 11 is 0. The number of allylic oxidation sites excluding steroid dienone is 2. The molecule has 2 rings (SSSR count). The molecule has 2 N–H and O–H groups in total. The van der Waals surface area contributed by atoms with Gasteiger partial charge in [-0.25, -0.2) is 0 Å². The summed E-state index contributed by atoms with van der Waals surface area (Å²) in [7, 11) is 0. The molecule has 0 bridgehead atoms. The van der Waals surface area contributed by atoms with Gasteiger partial charge in [-0.2, -0.15) is 0 Å². The fraction of sp³-hybridized carbons (Fsp3) is 0.176. The summed E-state index contributed by atoms with van der Waals surface area (Å²) < 4.78 is 0. The molecule has 108 valence electrons. The van der Waals surface area contributed by atoms with E-state index in [0.717, 1.165) is 22.4 Å². The first-order valence-electron chi connectivity index (χ1n) is 6.66. The van der Waals surface area contributed by atoms with Crippen molar-refractivity contribution in [2.45, 2.75) is 13.3 Å². The van der Waals surface area contributed by atoms with Crippen LogP contribution in [0.3, 0.4) is 0 Å². The second-order valence-corrected chi connectivity index (χ2v) is 4.80. The number of aliphatic carboxylic acids is 2. The van der Waals surface area contributed by atoms with Gasteiger partial charge in [0, 0.05) is 0 Å². The Morgan fingerprint density at radius 2 is 1.67 bits per heavy atom. The van der Waals surface area contributed by atoms with E-state index in [4.69, 9.17) is 10.2 Å². The predicted molar refractivity (Wildman–Crippen MR) is 79.8 cm³/mol. The average Bonchev–Trinajstić information content (AvgIpc) is 2.48. The predicted octanol–water partition coefficient (Wildman–Crippen LogP) is 1.31. The Labute approximate surface area is 122 Å². The Bertz CT molecular complexity index is 721. The van der Waals surface area contributed by atoms with E-state index in [9.17, 15) is 9.59 Å². The fourth-order valence-electron chi connectivity index (χ4n) is 2.27. The van der Waals surface area contributed by atoms with Crippen LogP contribution in [0.1, 0.15) is 13.3 Å². The van der Waals surface area contributed by atoms with Gasteiger partial charge >= 0.3 is 11.9 Å². The summed E-state index contributed by atoms with van der Waals surface area (Å²) in [6, 6.07) is 7.73. The molecular weight excluding hydrogens is 268 g/mol. The van der Waals surface area contributed by atoms with Crippen LogP contribution in [-0.4, -0.2) is 22.2 Å². The average molecular weight is 284 g/mol. The van der Waals surface area contributed by atoms with E-state index in [1.165, 1.54) is 12.2 Å². The molecule has 1 aromatic carbocycles. The SMILES string of the molecule is CCC=c1ccccc1=C1C=CC(C(=O)O)(C(=O)O)C=C1. The number of carbonyl (C=O) groups is 2. The smallest absolute Gasteiger partial charge is 0.328 e. The van der Waals surface area contributed by atoms with Crippen molar-refractivity contribution in [2.75, 3.05) is 0 Å². The van der Waals surface area contributed by atoms with E-state index in [1.54, 1.807) is 12.2 Å². The number of hydrogen-bond donors (Lipinski definition) is 2. The Morgan fingerprint density at radius 1 is 1.10 bits per heavy atom. The lowest BCUT2D eigenvalue weighted by atomic mass is 9.83. The summed E-state index contributed by atoms with van der Waals surface area (Å²) in [5.41, 5.74) is -1.18. The van der Waals surface area contributed by atoms with Crippen LogP contribution in [0.4, 0.5) is 0 Å². The first-order valence-corrected chi connectivity index (χ1v) is 6.66. The van der Waals surface area contributed by atoms with Crippen molar-refractivity contribution in [3.8, 4) is 0 Å². The summed E-state index contributed by atoms with van der Waals surface area (Å²) in [6.07, 6.45) is 8.51. The van der Waals surface area contributed by atoms with E-state index in [1.807, 2.05) is 31.2 Å². The topological polar surface area (TPSA) is 74.6 Å². The second kappa shape index (κ2) is 5.79. The third-order valence-electron chi connectivity index (χ3n) is 3.46. The van der Waals surface area contributed by atoms with Gasteiger partial charge in [0.2, 0.25) is 5.41 Å². The van der Waals surface area contributed by atoms with Crippen LogP contribution < -0.4 is 10.4 Å². The number of hydrogen-bond acceptors (Lipinski definition) is 2. The molecule has 0 spiro atoms. The van der Waals surface area contributed by atoms with Crippen LogP contribution in [-0.2, 0) is 9.59 Å². The number of benzene rings is 1. The number of carboxylic acids is 2. The zero-order valence-electron chi connectivity index (χ0n) is 11.6. The third kappa shape index (κ3) is 2.65. The quantitative estimate of drug-likeness (QED) is 0.821. The molecule has 0 aromatic heterocycles. The maximum atomic E-state index is 11.2. The Kier molecular flexibility index (Phi) is 4.08. The molecule has 0 saturated carbocycles. The summed E-state index contributed by atoms with van der Waals surface area (Å²) in [6.45, 7) is 2.04. The van der Waals surface area contributed by atoms with Gasteiger partial charge < -0.3 is 10.2 Å². The normalized spacial score (nSPS) is 17.0. The minimum absolute atomic E-state index is 0.799. The number of rotatable bonds is 3. The summed E-state index contributed by atoms with van der Waals surface area (Å²) in [4.78, 5) is 22.5. The molecule has 0 atom stereocenters. The van der Waals surface area contributed by atoms with Gasteiger partial charge in [0.05, 0.1) is 0 Å². The van der Waals surface area contributed by atoms with Gasteiger partial charge in [-0.15, -0.1) is 0 Å². The molecule has 0 unspecified atom stereocenters. The lowest BCUT2D eigenvalue weighted by molar-refractivity contribution is -0.157. The summed E-state index contributed by atoms with van der Waals surface area (Å²) in [5, 5.41) is 20.3. The van der Waals surface area contributed by atoms with Crippen LogP contribution in [0.25, 0.3) is 11.6 Å². The van der Waals surface area contributed by atoms with Crippen LogP contribution in [0.2, 0.25) is 0 Å². The van der Waals surface area contributed by atoms with E-state index in [0.29, 0.717) is 0 Å². The molecule has 1 aromatic rings. The van der Waals surface area contributed by atoms with Crippen LogP contribution in [0.5, 0.6) is 0 Å². The van der Waals surface area contributed by atoms with Gasteiger partial charge in [0.1, 0.15) is 0 Å². The minimum Gasteiger partial charge on any atom is -0.480 e. The fourth-order valence-corrected chi connectivity index (χ4v) is 2.27. The van der Waals surface area contributed by atoms with E-state index in [2.05, 4.69) is 6.08 Å². The standard InChI is InChI=1S/C17H16O4/c1-2-5-12-6-3-4-7-14(12)13-8-10-17(11-9-13,15(18)19)16(20)21/h3-11H,2H2,1H3,(H,18,19)(H,20,21). The molecule has 0 heterocycles. The van der Waals surface area contributed by atoms with Crippen molar-refractivity contribution in [2.24, 2.45) is 5.41 Å². The van der Waals surface area contributed by atoms with Gasteiger partial charge in [-0.05, 0) is 22.4 Å². The highest BCUT2D eigenvalue weighted by Crippen LogP contribution is 2.28. The largest absolute Gasteiger partial charge is 0.480 e. The van der Waals surface area contributed by atoms with Crippen molar-refractivity contribution < 1.29 is 19.8 Å². The Hall–Kier alpha value is -2.62. The van der Waals surface area contributed by atoms with Gasteiger partial charge in [-0.1, -0.05) is 61.6 Å². The molecule has 0 radical (unpaired) electrons. The molecule has 0 fully saturated rings. The van der Waals surface area contributed by atoms with Crippen molar-refractivity contribution in [3.63, 3.8) is 0 Å². The molecule has 0 aliphatic heterocycles. The van der Waals surface area contributed by atoms with Gasteiger partial charge in [-0.3, -0.25) is 9.59 Å². The van der Waals surface area contributed by atoms with Crippen molar-refractivity contribution in [1.82, 2.24) is 0 Å².